The summed E-state index contributed by atoms with van der Waals surface area (Å²) in [5, 5.41) is 6.27. The van der Waals surface area contributed by atoms with Crippen LogP contribution in [0.15, 0.2) is 47.6 Å². The summed E-state index contributed by atoms with van der Waals surface area (Å²) in [5.74, 6) is -1.28. The number of benzene rings is 2. The topological polar surface area (TPSA) is 88.5 Å². The molecule has 33 heavy (non-hydrogen) atoms. The molecule has 4 heterocycles. The molecule has 0 radical (unpaired) electrons. The third-order valence-electron chi connectivity index (χ3n) is 6.92. The van der Waals surface area contributed by atoms with Gasteiger partial charge in [0.15, 0.2) is 17.3 Å². The second-order valence-electron chi connectivity index (χ2n) is 9.86. The third-order valence-corrected chi connectivity index (χ3v) is 6.92. The van der Waals surface area contributed by atoms with Crippen molar-refractivity contribution in [1.29, 1.82) is 0 Å². The predicted molar refractivity (Wildman–Crippen MR) is 119 cm³/mol. The number of hydrogen-bond acceptors (Lipinski definition) is 7. The summed E-state index contributed by atoms with van der Waals surface area (Å²) in [7, 11) is 0. The number of fused-ring (bicyclic) bond motifs is 6. The van der Waals surface area contributed by atoms with Gasteiger partial charge in [-0.25, -0.2) is 4.90 Å². The van der Waals surface area contributed by atoms with Crippen LogP contribution in [0.4, 0.5) is 5.69 Å². The molecule has 8 heteroatoms. The zero-order valence-corrected chi connectivity index (χ0v) is 18.5. The van der Waals surface area contributed by atoms with Crippen LogP contribution >= 0.6 is 0 Å². The van der Waals surface area contributed by atoms with Crippen molar-refractivity contribution in [3.8, 4) is 11.5 Å². The van der Waals surface area contributed by atoms with Crippen LogP contribution in [0.3, 0.4) is 0 Å². The Bertz CT molecular complexity index is 1250. The standard InChI is InChI=1S/C25H23N3O5/c1-25(2,3)22(29)21-19-18(20-15-7-5-4-6-13(15)11-26-28(20)21)23(30)27(24(19)31)14-8-9-16-17(10-14)33-12-32-16/h4-11,18-21H,12H2,1-3H3/t18-,19+,20?,21-/m1/s1. The van der Waals surface area contributed by atoms with E-state index in [1.807, 2.05) is 45.0 Å². The number of hydrazone groups is 1. The summed E-state index contributed by atoms with van der Waals surface area (Å²) in [6, 6.07) is 11.4. The van der Waals surface area contributed by atoms with Crippen LogP contribution in [0.5, 0.6) is 11.5 Å². The molecule has 0 bridgehead atoms. The zero-order valence-electron chi connectivity index (χ0n) is 18.5. The largest absolute Gasteiger partial charge is 0.454 e. The lowest BCUT2D eigenvalue weighted by Gasteiger charge is -2.35. The summed E-state index contributed by atoms with van der Waals surface area (Å²) in [6.07, 6.45) is 1.71. The molecule has 4 atom stereocenters. The monoisotopic (exact) mass is 445 g/mol. The number of Topliss-reactive ketones (excluding diaryl/α,β-unsaturated/α-hetero) is 1. The lowest BCUT2D eigenvalue weighted by Crippen LogP contribution is -2.48. The average molecular weight is 445 g/mol. The van der Waals surface area contributed by atoms with Crippen LogP contribution in [0.2, 0.25) is 0 Å². The fourth-order valence-electron chi connectivity index (χ4n) is 5.39. The van der Waals surface area contributed by atoms with Gasteiger partial charge in [-0.2, -0.15) is 5.10 Å². The number of hydrogen-bond donors (Lipinski definition) is 0. The van der Waals surface area contributed by atoms with Crippen molar-refractivity contribution >= 4 is 29.5 Å². The van der Waals surface area contributed by atoms with Gasteiger partial charge >= 0.3 is 0 Å². The number of ether oxygens (including phenoxy) is 2. The lowest BCUT2D eigenvalue weighted by molar-refractivity contribution is -0.136. The van der Waals surface area contributed by atoms with Crippen molar-refractivity contribution < 1.29 is 23.9 Å². The third kappa shape index (κ3) is 2.70. The second-order valence-corrected chi connectivity index (χ2v) is 9.86. The summed E-state index contributed by atoms with van der Waals surface area (Å²) in [4.78, 5) is 42.4. The van der Waals surface area contributed by atoms with Gasteiger partial charge in [0.2, 0.25) is 18.6 Å². The molecule has 168 valence electrons. The molecule has 2 saturated heterocycles. The SMILES string of the molecule is CC(C)(C)C(=O)[C@H]1[C@H]2C(=O)N(c3ccc4c(c3)OCO4)C(=O)[C@H]2C2c3ccccc3C=NN21. The highest BCUT2D eigenvalue weighted by atomic mass is 16.7. The highest BCUT2D eigenvalue weighted by Crippen LogP contribution is 2.54. The molecule has 4 aliphatic heterocycles. The first-order chi connectivity index (χ1) is 15.8. The molecule has 0 spiro atoms. The summed E-state index contributed by atoms with van der Waals surface area (Å²) in [5.41, 5.74) is 1.51. The Hall–Kier alpha value is -3.68. The Morgan fingerprint density at radius 2 is 1.73 bits per heavy atom. The van der Waals surface area contributed by atoms with E-state index < -0.39 is 29.3 Å². The minimum absolute atomic E-state index is 0.0971. The summed E-state index contributed by atoms with van der Waals surface area (Å²) < 4.78 is 10.8. The fourth-order valence-corrected chi connectivity index (χ4v) is 5.39. The molecule has 0 aliphatic carbocycles. The van der Waals surface area contributed by atoms with E-state index in [1.54, 1.807) is 29.4 Å². The quantitative estimate of drug-likeness (QED) is 0.661. The van der Waals surface area contributed by atoms with Gasteiger partial charge in [-0.15, -0.1) is 0 Å². The van der Waals surface area contributed by atoms with Crippen molar-refractivity contribution in [1.82, 2.24) is 5.01 Å². The van der Waals surface area contributed by atoms with Crippen molar-refractivity contribution in [2.75, 3.05) is 11.7 Å². The molecule has 2 aromatic carbocycles. The van der Waals surface area contributed by atoms with Gasteiger partial charge in [0, 0.05) is 11.5 Å². The van der Waals surface area contributed by atoms with E-state index >= 15 is 0 Å². The van der Waals surface area contributed by atoms with Crippen LogP contribution < -0.4 is 14.4 Å². The minimum atomic E-state index is -0.819. The number of carbonyl (C=O) groups is 3. The van der Waals surface area contributed by atoms with Gasteiger partial charge in [-0.05, 0) is 23.3 Å². The molecule has 2 aromatic rings. The van der Waals surface area contributed by atoms with Crippen molar-refractivity contribution in [3.05, 3.63) is 53.6 Å². The maximum Gasteiger partial charge on any atom is 0.240 e. The van der Waals surface area contributed by atoms with E-state index in [-0.39, 0.29) is 24.4 Å². The Morgan fingerprint density at radius 1 is 1.00 bits per heavy atom. The molecule has 6 rings (SSSR count). The maximum absolute atomic E-state index is 13.8. The predicted octanol–water partition coefficient (Wildman–Crippen LogP) is 2.91. The summed E-state index contributed by atoms with van der Waals surface area (Å²) >= 11 is 0. The van der Waals surface area contributed by atoms with Gasteiger partial charge in [0.1, 0.15) is 6.04 Å². The van der Waals surface area contributed by atoms with Crippen molar-refractivity contribution in [2.45, 2.75) is 32.9 Å². The van der Waals surface area contributed by atoms with Crippen LogP contribution in [0, 0.1) is 17.3 Å². The number of imide groups is 1. The molecule has 0 aromatic heterocycles. The molecule has 8 nitrogen and oxygen atoms in total. The normalized spacial score (nSPS) is 27.0. The first-order valence-corrected chi connectivity index (χ1v) is 11.0. The lowest BCUT2D eigenvalue weighted by atomic mass is 9.79. The fraction of sp³-hybridized carbons (Fsp3) is 0.360. The van der Waals surface area contributed by atoms with Gasteiger partial charge < -0.3 is 9.47 Å². The first-order valence-electron chi connectivity index (χ1n) is 11.0. The smallest absolute Gasteiger partial charge is 0.240 e. The zero-order chi connectivity index (χ0) is 23.1. The molecular weight excluding hydrogens is 422 g/mol. The van der Waals surface area contributed by atoms with Crippen LogP contribution in [0.25, 0.3) is 0 Å². The Kier molecular flexibility index (Phi) is 4.03. The van der Waals surface area contributed by atoms with Gasteiger partial charge in [0.05, 0.1) is 29.8 Å². The van der Waals surface area contributed by atoms with Crippen molar-refractivity contribution in [3.63, 3.8) is 0 Å². The van der Waals surface area contributed by atoms with E-state index in [4.69, 9.17) is 9.47 Å². The van der Waals surface area contributed by atoms with E-state index in [2.05, 4.69) is 5.10 Å². The maximum atomic E-state index is 13.8. The molecule has 0 N–H and O–H groups in total. The molecule has 0 saturated carbocycles. The Morgan fingerprint density at radius 3 is 2.52 bits per heavy atom. The summed E-state index contributed by atoms with van der Waals surface area (Å²) in [6.45, 7) is 5.59. The number of rotatable bonds is 2. The van der Waals surface area contributed by atoms with Crippen molar-refractivity contribution in [2.24, 2.45) is 22.4 Å². The molecular formula is C25H23N3O5. The molecule has 4 aliphatic rings. The van der Waals surface area contributed by atoms with Crippen LogP contribution in [-0.4, -0.2) is 41.7 Å². The second kappa shape index (κ2) is 6.66. The molecule has 2 amide bonds. The van der Waals surface area contributed by atoms with Crippen LogP contribution in [0.1, 0.15) is 37.9 Å². The number of nitrogens with zero attached hydrogens (tertiary/aromatic N) is 3. The Balaban J connectivity index is 1.49. The van der Waals surface area contributed by atoms with E-state index in [9.17, 15) is 14.4 Å². The number of ketones is 1. The number of amides is 2. The van der Waals surface area contributed by atoms with E-state index in [1.165, 1.54) is 4.90 Å². The first kappa shape index (κ1) is 20.0. The number of anilines is 1. The minimum Gasteiger partial charge on any atom is -0.454 e. The Labute approximate surface area is 190 Å². The van der Waals surface area contributed by atoms with Gasteiger partial charge in [0.25, 0.3) is 0 Å². The molecule has 1 unspecified atom stereocenters. The van der Waals surface area contributed by atoms with Gasteiger partial charge in [-0.3, -0.25) is 19.4 Å². The number of carbonyl (C=O) groups excluding carboxylic acids is 3. The van der Waals surface area contributed by atoms with Gasteiger partial charge in [-0.1, -0.05) is 45.0 Å². The average Bonchev–Trinajstić information content (AvgIpc) is 3.45. The van der Waals surface area contributed by atoms with Crippen LogP contribution in [-0.2, 0) is 14.4 Å². The molecule has 2 fully saturated rings. The van der Waals surface area contributed by atoms with E-state index in [0.717, 1.165) is 11.1 Å². The highest BCUT2D eigenvalue weighted by Gasteiger charge is 2.66. The van der Waals surface area contributed by atoms with E-state index in [0.29, 0.717) is 17.2 Å². The highest BCUT2D eigenvalue weighted by molar-refractivity contribution is 6.24.